The first-order chi connectivity index (χ1) is 8.99. The highest BCUT2D eigenvalue weighted by molar-refractivity contribution is 5.75. The Morgan fingerprint density at radius 1 is 1.37 bits per heavy atom. The maximum atomic E-state index is 11.6. The largest absolute Gasteiger partial charge is 0.504 e. The van der Waals surface area contributed by atoms with Gasteiger partial charge in [0.2, 0.25) is 0 Å². The average Bonchev–Trinajstić information content (AvgIpc) is 2.39. The zero-order valence-corrected chi connectivity index (χ0v) is 11.8. The van der Waals surface area contributed by atoms with E-state index in [9.17, 15) is 9.90 Å². The number of nitrogens with one attached hydrogen (secondary N) is 1. The van der Waals surface area contributed by atoms with Crippen molar-refractivity contribution in [3.63, 3.8) is 0 Å². The number of aromatic hydroxyl groups is 1. The lowest BCUT2D eigenvalue weighted by Crippen LogP contribution is -2.41. The summed E-state index contributed by atoms with van der Waals surface area (Å²) in [5, 5.41) is 12.7. The van der Waals surface area contributed by atoms with E-state index < -0.39 is 0 Å². The van der Waals surface area contributed by atoms with Crippen LogP contribution in [-0.2, 0) is 16.1 Å². The van der Waals surface area contributed by atoms with Gasteiger partial charge in [-0.3, -0.25) is 4.79 Å². The highest BCUT2D eigenvalue weighted by Gasteiger charge is 2.22. The molecule has 0 spiro atoms. The van der Waals surface area contributed by atoms with Gasteiger partial charge in [-0.2, -0.15) is 0 Å². The SMILES string of the molecule is COC(=O)C(NCc1ccc(O)c(OC)c1)C(C)C. The highest BCUT2D eigenvalue weighted by atomic mass is 16.5. The smallest absolute Gasteiger partial charge is 0.323 e. The molecule has 1 unspecified atom stereocenters. The molecule has 1 atom stereocenters. The molecule has 0 aliphatic rings. The molecule has 0 saturated heterocycles. The summed E-state index contributed by atoms with van der Waals surface area (Å²) >= 11 is 0. The van der Waals surface area contributed by atoms with Crippen LogP contribution in [0.15, 0.2) is 18.2 Å². The average molecular weight is 267 g/mol. The Morgan fingerprint density at radius 2 is 2.05 bits per heavy atom. The molecule has 0 aliphatic heterocycles. The third kappa shape index (κ3) is 4.13. The van der Waals surface area contributed by atoms with Crippen molar-refractivity contribution >= 4 is 5.97 Å². The number of ether oxygens (including phenoxy) is 2. The minimum Gasteiger partial charge on any atom is -0.504 e. The maximum Gasteiger partial charge on any atom is 0.323 e. The van der Waals surface area contributed by atoms with E-state index in [4.69, 9.17) is 9.47 Å². The molecule has 0 bridgehead atoms. The third-order valence-electron chi connectivity index (χ3n) is 2.89. The van der Waals surface area contributed by atoms with Crippen LogP contribution in [0.5, 0.6) is 11.5 Å². The Kier molecular flexibility index (Phi) is 5.63. The van der Waals surface area contributed by atoms with Gasteiger partial charge in [0, 0.05) is 6.54 Å². The van der Waals surface area contributed by atoms with Gasteiger partial charge in [0.15, 0.2) is 11.5 Å². The molecule has 1 aromatic carbocycles. The van der Waals surface area contributed by atoms with Gasteiger partial charge in [-0.15, -0.1) is 0 Å². The number of phenolic OH excluding ortho intramolecular Hbond substituents is 1. The number of hydrogen-bond donors (Lipinski definition) is 2. The van der Waals surface area contributed by atoms with E-state index in [1.807, 2.05) is 13.8 Å². The molecule has 19 heavy (non-hydrogen) atoms. The quantitative estimate of drug-likeness (QED) is 0.768. The second-order valence-corrected chi connectivity index (χ2v) is 4.63. The lowest BCUT2D eigenvalue weighted by atomic mass is 10.0. The van der Waals surface area contributed by atoms with E-state index in [0.717, 1.165) is 5.56 Å². The molecule has 0 radical (unpaired) electrons. The van der Waals surface area contributed by atoms with Crippen LogP contribution in [0, 0.1) is 5.92 Å². The Balaban J connectivity index is 2.71. The summed E-state index contributed by atoms with van der Waals surface area (Å²) in [5.41, 5.74) is 0.921. The van der Waals surface area contributed by atoms with Crippen LogP contribution in [0.25, 0.3) is 0 Å². The van der Waals surface area contributed by atoms with Crippen molar-refractivity contribution in [1.82, 2.24) is 5.32 Å². The Hall–Kier alpha value is -1.75. The van der Waals surface area contributed by atoms with Crippen LogP contribution >= 0.6 is 0 Å². The van der Waals surface area contributed by atoms with Gasteiger partial charge in [0.05, 0.1) is 14.2 Å². The number of benzene rings is 1. The van der Waals surface area contributed by atoms with Crippen molar-refractivity contribution < 1.29 is 19.4 Å². The molecular formula is C14H21NO4. The highest BCUT2D eigenvalue weighted by Crippen LogP contribution is 2.26. The fraction of sp³-hybridized carbons (Fsp3) is 0.500. The van der Waals surface area contributed by atoms with Gasteiger partial charge in [-0.05, 0) is 23.6 Å². The minimum absolute atomic E-state index is 0.0969. The molecule has 1 aromatic rings. The molecule has 0 fully saturated rings. The van der Waals surface area contributed by atoms with Crippen LogP contribution < -0.4 is 10.1 Å². The number of carbonyl (C=O) groups excluding carboxylic acids is 1. The summed E-state index contributed by atoms with van der Waals surface area (Å²) in [6.45, 7) is 4.40. The number of esters is 1. The molecule has 106 valence electrons. The Labute approximate surface area is 113 Å². The summed E-state index contributed by atoms with van der Waals surface area (Å²) in [4.78, 5) is 11.6. The monoisotopic (exact) mass is 267 g/mol. The van der Waals surface area contributed by atoms with Gasteiger partial charge < -0.3 is 19.9 Å². The van der Waals surface area contributed by atoms with Gasteiger partial charge in [0.1, 0.15) is 6.04 Å². The van der Waals surface area contributed by atoms with E-state index in [-0.39, 0.29) is 23.7 Å². The number of carbonyl (C=O) groups is 1. The van der Waals surface area contributed by atoms with Crippen LogP contribution in [0.4, 0.5) is 0 Å². The molecule has 0 aromatic heterocycles. The summed E-state index contributed by atoms with van der Waals surface area (Å²) < 4.78 is 9.80. The van der Waals surface area contributed by atoms with Crippen LogP contribution in [-0.4, -0.2) is 31.3 Å². The van der Waals surface area contributed by atoms with Gasteiger partial charge >= 0.3 is 5.97 Å². The van der Waals surface area contributed by atoms with E-state index in [0.29, 0.717) is 12.3 Å². The second-order valence-electron chi connectivity index (χ2n) is 4.63. The molecule has 0 amide bonds. The zero-order chi connectivity index (χ0) is 14.4. The minimum atomic E-state index is -0.357. The Bertz CT molecular complexity index is 431. The van der Waals surface area contributed by atoms with Crippen molar-refractivity contribution in [2.75, 3.05) is 14.2 Å². The second kappa shape index (κ2) is 6.99. The maximum absolute atomic E-state index is 11.6. The predicted molar refractivity (Wildman–Crippen MR) is 72.1 cm³/mol. The molecule has 2 N–H and O–H groups in total. The first-order valence-electron chi connectivity index (χ1n) is 6.16. The van der Waals surface area contributed by atoms with Crippen molar-refractivity contribution in [2.24, 2.45) is 5.92 Å². The first kappa shape index (κ1) is 15.3. The predicted octanol–water partition coefficient (Wildman–Crippen LogP) is 1.69. The van der Waals surface area contributed by atoms with Crippen molar-refractivity contribution in [3.05, 3.63) is 23.8 Å². The molecular weight excluding hydrogens is 246 g/mol. The molecule has 1 rings (SSSR count). The Morgan fingerprint density at radius 3 is 2.58 bits per heavy atom. The van der Waals surface area contributed by atoms with E-state index in [1.54, 1.807) is 18.2 Å². The van der Waals surface area contributed by atoms with Crippen LogP contribution in [0.1, 0.15) is 19.4 Å². The standard InChI is InChI=1S/C14H21NO4/c1-9(2)13(14(17)19-4)15-8-10-5-6-11(16)12(7-10)18-3/h5-7,9,13,15-16H,8H2,1-4H3. The van der Waals surface area contributed by atoms with E-state index in [2.05, 4.69) is 5.32 Å². The van der Waals surface area contributed by atoms with Crippen LogP contribution in [0.3, 0.4) is 0 Å². The van der Waals surface area contributed by atoms with Crippen molar-refractivity contribution in [1.29, 1.82) is 0 Å². The fourth-order valence-corrected chi connectivity index (χ4v) is 1.78. The summed E-state index contributed by atoms with van der Waals surface area (Å²) in [6.07, 6.45) is 0. The summed E-state index contributed by atoms with van der Waals surface area (Å²) in [7, 11) is 2.88. The zero-order valence-electron chi connectivity index (χ0n) is 11.8. The lowest BCUT2D eigenvalue weighted by molar-refractivity contribution is -0.144. The summed E-state index contributed by atoms with van der Waals surface area (Å²) in [5.74, 6) is 0.366. The van der Waals surface area contributed by atoms with Crippen LogP contribution in [0.2, 0.25) is 0 Å². The van der Waals surface area contributed by atoms with Gasteiger partial charge in [-0.1, -0.05) is 19.9 Å². The van der Waals surface area contributed by atoms with Gasteiger partial charge in [0.25, 0.3) is 0 Å². The molecule has 5 heteroatoms. The summed E-state index contributed by atoms with van der Waals surface area (Å²) in [6, 6.07) is 4.72. The normalized spacial score (nSPS) is 12.3. The number of phenols is 1. The van der Waals surface area contributed by atoms with Gasteiger partial charge in [-0.25, -0.2) is 0 Å². The number of hydrogen-bond acceptors (Lipinski definition) is 5. The molecule has 0 aliphatic carbocycles. The molecule has 0 heterocycles. The number of methoxy groups -OCH3 is 2. The van der Waals surface area contributed by atoms with E-state index >= 15 is 0 Å². The molecule has 5 nitrogen and oxygen atoms in total. The van der Waals surface area contributed by atoms with Crippen molar-refractivity contribution in [3.8, 4) is 11.5 Å². The first-order valence-corrected chi connectivity index (χ1v) is 6.16. The number of rotatable bonds is 6. The topological polar surface area (TPSA) is 67.8 Å². The lowest BCUT2D eigenvalue weighted by Gasteiger charge is -2.20. The molecule has 0 saturated carbocycles. The third-order valence-corrected chi connectivity index (χ3v) is 2.89. The fourth-order valence-electron chi connectivity index (χ4n) is 1.78. The van der Waals surface area contributed by atoms with E-state index in [1.165, 1.54) is 14.2 Å². The van der Waals surface area contributed by atoms with Crippen molar-refractivity contribution in [2.45, 2.75) is 26.4 Å².